The van der Waals surface area contributed by atoms with Crippen LogP contribution in [0.3, 0.4) is 0 Å². The summed E-state index contributed by atoms with van der Waals surface area (Å²) in [5.74, 6) is 0.676. The average molecular weight is 279 g/mol. The Hall–Kier alpha value is -2.79. The lowest BCUT2D eigenvalue weighted by atomic mass is 10.1. The predicted molar refractivity (Wildman–Crippen MR) is 78.0 cm³/mol. The summed E-state index contributed by atoms with van der Waals surface area (Å²) in [5.41, 5.74) is 1.82. The van der Waals surface area contributed by atoms with Crippen LogP contribution in [0.4, 0.5) is 0 Å². The summed E-state index contributed by atoms with van der Waals surface area (Å²) in [5, 5.41) is 14.2. The third kappa shape index (κ3) is 2.73. The molecule has 2 heterocycles. The van der Waals surface area contributed by atoms with Crippen molar-refractivity contribution in [1.29, 1.82) is 0 Å². The zero-order valence-electron chi connectivity index (χ0n) is 11.2. The normalized spacial score (nSPS) is 12.0. The van der Waals surface area contributed by atoms with Crippen LogP contribution in [0.15, 0.2) is 66.0 Å². The quantitative estimate of drug-likeness (QED) is 0.795. The van der Waals surface area contributed by atoms with Gasteiger partial charge in [-0.25, -0.2) is 0 Å². The van der Waals surface area contributed by atoms with Crippen LogP contribution in [0.2, 0.25) is 0 Å². The molecule has 0 amide bonds. The monoisotopic (exact) mass is 279 g/mol. The number of aliphatic hydroxyl groups is 1. The van der Waals surface area contributed by atoms with Gasteiger partial charge in [0.15, 0.2) is 0 Å². The Kier molecular flexibility index (Phi) is 3.57. The van der Waals surface area contributed by atoms with E-state index < -0.39 is 6.10 Å². The molecule has 3 aromatic rings. The molecule has 1 aromatic carbocycles. The van der Waals surface area contributed by atoms with Gasteiger partial charge in [0.2, 0.25) is 5.82 Å². The highest BCUT2D eigenvalue weighted by Gasteiger charge is 2.19. The minimum atomic E-state index is -0.928. The summed E-state index contributed by atoms with van der Waals surface area (Å²) in [6.07, 6.45) is 2.28. The van der Waals surface area contributed by atoms with E-state index in [2.05, 4.69) is 21.7 Å². The van der Waals surface area contributed by atoms with Gasteiger partial charge in [0.05, 0.1) is 0 Å². The van der Waals surface area contributed by atoms with E-state index in [-0.39, 0.29) is 5.89 Å². The van der Waals surface area contributed by atoms with Crippen LogP contribution < -0.4 is 0 Å². The van der Waals surface area contributed by atoms with Gasteiger partial charge in [0.1, 0.15) is 6.10 Å². The Bertz CT molecular complexity index is 738. The second-order valence-electron chi connectivity index (χ2n) is 4.50. The van der Waals surface area contributed by atoms with Crippen molar-refractivity contribution in [1.82, 2.24) is 15.1 Å². The first-order valence-corrected chi connectivity index (χ1v) is 6.42. The smallest absolute Gasteiger partial charge is 0.256 e. The van der Waals surface area contributed by atoms with Crippen LogP contribution in [0.25, 0.3) is 17.0 Å². The van der Waals surface area contributed by atoms with Crippen LogP contribution in [-0.4, -0.2) is 20.2 Å². The lowest BCUT2D eigenvalue weighted by Crippen LogP contribution is -2.00. The van der Waals surface area contributed by atoms with E-state index in [0.717, 1.165) is 5.56 Å². The Morgan fingerprint density at radius 2 is 1.95 bits per heavy atom. The lowest BCUT2D eigenvalue weighted by molar-refractivity contribution is 0.233. The van der Waals surface area contributed by atoms with Crippen LogP contribution in [0.1, 0.15) is 17.6 Å². The highest BCUT2D eigenvalue weighted by molar-refractivity contribution is 5.64. The SMILES string of the molecule is C=C(c1nc(-c2ccccc2)no1)[C@@H](O)c1cccnc1. The van der Waals surface area contributed by atoms with Crippen LogP contribution >= 0.6 is 0 Å². The number of hydrogen-bond acceptors (Lipinski definition) is 5. The van der Waals surface area contributed by atoms with E-state index >= 15 is 0 Å². The Balaban J connectivity index is 1.85. The Morgan fingerprint density at radius 1 is 1.14 bits per heavy atom. The lowest BCUT2D eigenvalue weighted by Gasteiger charge is -2.09. The standard InChI is InChI=1S/C16H13N3O2/c1-11(14(20)13-8-5-9-17-10-13)16-18-15(19-21-16)12-6-3-2-4-7-12/h2-10,14,20H,1H2/t14-/m1/s1. The number of hydrogen-bond donors (Lipinski definition) is 1. The molecule has 3 rings (SSSR count). The second kappa shape index (κ2) is 5.68. The van der Waals surface area contributed by atoms with Gasteiger partial charge < -0.3 is 9.63 Å². The molecule has 0 bridgehead atoms. The van der Waals surface area contributed by atoms with Gasteiger partial charge in [-0.1, -0.05) is 48.1 Å². The van der Waals surface area contributed by atoms with Crippen LogP contribution in [-0.2, 0) is 0 Å². The first kappa shape index (κ1) is 13.2. The summed E-state index contributed by atoms with van der Waals surface area (Å²) in [6, 6.07) is 13.0. The van der Waals surface area contributed by atoms with Crippen molar-refractivity contribution in [2.45, 2.75) is 6.10 Å². The number of rotatable bonds is 4. The van der Waals surface area contributed by atoms with E-state index in [4.69, 9.17) is 4.52 Å². The molecule has 0 radical (unpaired) electrons. The molecule has 104 valence electrons. The fraction of sp³-hybridized carbons (Fsp3) is 0.0625. The highest BCUT2D eigenvalue weighted by atomic mass is 16.5. The van der Waals surface area contributed by atoms with Crippen molar-refractivity contribution < 1.29 is 9.63 Å². The second-order valence-corrected chi connectivity index (χ2v) is 4.50. The predicted octanol–water partition coefficient (Wildman–Crippen LogP) is 2.88. The Morgan fingerprint density at radius 3 is 2.67 bits per heavy atom. The fourth-order valence-electron chi connectivity index (χ4n) is 1.91. The molecule has 0 saturated carbocycles. The zero-order chi connectivity index (χ0) is 14.7. The summed E-state index contributed by atoms with van der Waals surface area (Å²) in [7, 11) is 0. The molecule has 0 spiro atoms. The third-order valence-electron chi connectivity index (χ3n) is 3.06. The molecule has 0 aliphatic rings. The minimum Gasteiger partial charge on any atom is -0.383 e. The zero-order valence-corrected chi connectivity index (χ0v) is 11.2. The van der Waals surface area contributed by atoms with Gasteiger partial charge in [0.25, 0.3) is 5.89 Å². The first-order valence-electron chi connectivity index (χ1n) is 6.42. The molecule has 0 aliphatic carbocycles. The maximum absolute atomic E-state index is 10.3. The topological polar surface area (TPSA) is 72.0 Å². The summed E-state index contributed by atoms with van der Waals surface area (Å²) >= 11 is 0. The van der Waals surface area contributed by atoms with Crippen molar-refractivity contribution in [2.75, 3.05) is 0 Å². The van der Waals surface area contributed by atoms with Gasteiger partial charge in [-0.2, -0.15) is 4.98 Å². The van der Waals surface area contributed by atoms with Gasteiger partial charge in [-0.05, 0) is 6.07 Å². The molecule has 0 aliphatic heterocycles. The van der Waals surface area contributed by atoms with Gasteiger partial charge in [-0.3, -0.25) is 4.98 Å². The highest BCUT2D eigenvalue weighted by Crippen LogP contribution is 2.28. The summed E-state index contributed by atoms with van der Waals surface area (Å²) < 4.78 is 5.18. The van der Waals surface area contributed by atoms with Crippen LogP contribution in [0, 0.1) is 0 Å². The van der Waals surface area contributed by atoms with E-state index in [1.54, 1.807) is 24.5 Å². The molecule has 2 aromatic heterocycles. The molecular formula is C16H13N3O2. The van der Waals surface area contributed by atoms with Gasteiger partial charge >= 0.3 is 0 Å². The Labute approximate surface area is 121 Å². The van der Waals surface area contributed by atoms with Crippen molar-refractivity contribution in [2.24, 2.45) is 0 Å². The maximum Gasteiger partial charge on any atom is 0.256 e. The van der Waals surface area contributed by atoms with Crippen LogP contribution in [0.5, 0.6) is 0 Å². The number of nitrogens with zero attached hydrogens (tertiary/aromatic N) is 3. The number of aliphatic hydroxyl groups excluding tert-OH is 1. The fourth-order valence-corrected chi connectivity index (χ4v) is 1.91. The summed E-state index contributed by atoms with van der Waals surface area (Å²) in [4.78, 5) is 8.24. The van der Waals surface area contributed by atoms with Crippen molar-refractivity contribution >= 4 is 5.57 Å². The molecule has 1 atom stereocenters. The van der Waals surface area contributed by atoms with E-state index in [1.165, 1.54) is 0 Å². The molecule has 0 saturated heterocycles. The first-order chi connectivity index (χ1) is 10.3. The molecule has 21 heavy (non-hydrogen) atoms. The number of aromatic nitrogens is 3. The molecule has 1 N–H and O–H groups in total. The van der Waals surface area contributed by atoms with Gasteiger partial charge in [0, 0.05) is 29.1 Å². The molecule has 5 heteroatoms. The summed E-state index contributed by atoms with van der Waals surface area (Å²) in [6.45, 7) is 3.83. The van der Waals surface area contributed by atoms with Crippen molar-refractivity contribution in [3.05, 3.63) is 72.9 Å². The van der Waals surface area contributed by atoms with Gasteiger partial charge in [-0.15, -0.1) is 0 Å². The third-order valence-corrected chi connectivity index (χ3v) is 3.06. The van der Waals surface area contributed by atoms with Crippen molar-refractivity contribution in [3.8, 4) is 11.4 Å². The molecule has 0 unspecified atom stereocenters. The largest absolute Gasteiger partial charge is 0.383 e. The van der Waals surface area contributed by atoms with E-state index in [9.17, 15) is 5.11 Å². The van der Waals surface area contributed by atoms with Crippen molar-refractivity contribution in [3.63, 3.8) is 0 Å². The number of pyridine rings is 1. The number of benzene rings is 1. The molecular weight excluding hydrogens is 266 g/mol. The maximum atomic E-state index is 10.3. The minimum absolute atomic E-state index is 0.213. The van der Waals surface area contributed by atoms with E-state index in [0.29, 0.717) is 17.0 Å². The van der Waals surface area contributed by atoms with E-state index in [1.807, 2.05) is 30.3 Å². The average Bonchev–Trinajstić information content (AvgIpc) is 3.05. The molecule has 5 nitrogen and oxygen atoms in total. The molecule has 0 fully saturated rings.